The van der Waals surface area contributed by atoms with Crippen molar-refractivity contribution >= 4 is 11.6 Å². The van der Waals surface area contributed by atoms with E-state index < -0.39 is 0 Å². The van der Waals surface area contributed by atoms with E-state index in [2.05, 4.69) is 20.5 Å². The van der Waals surface area contributed by atoms with Gasteiger partial charge in [0, 0.05) is 33.6 Å². The van der Waals surface area contributed by atoms with E-state index in [0.29, 0.717) is 6.54 Å². The van der Waals surface area contributed by atoms with Gasteiger partial charge in [-0.05, 0) is 6.92 Å². The van der Waals surface area contributed by atoms with E-state index in [1.807, 2.05) is 25.7 Å². The van der Waals surface area contributed by atoms with Gasteiger partial charge in [-0.15, -0.1) is 0 Å². The molecule has 0 aliphatic heterocycles. The van der Waals surface area contributed by atoms with Crippen molar-refractivity contribution in [1.82, 2.24) is 29.9 Å². The van der Waals surface area contributed by atoms with Crippen molar-refractivity contribution in [3.8, 4) is 0 Å². The molecule has 2 heterocycles. The summed E-state index contributed by atoms with van der Waals surface area (Å²) in [5.74, 6) is 0.845. The Kier molecular flexibility index (Phi) is 3.98. The van der Waals surface area contributed by atoms with Crippen LogP contribution < -0.4 is 5.32 Å². The van der Waals surface area contributed by atoms with Crippen LogP contribution in [0.4, 0.5) is 0 Å². The Morgan fingerprint density at radius 3 is 2.67 bits per heavy atom. The van der Waals surface area contributed by atoms with Gasteiger partial charge < -0.3 is 5.32 Å². The van der Waals surface area contributed by atoms with Gasteiger partial charge in [0.2, 0.25) is 0 Å². The number of rotatable bonds is 5. The van der Waals surface area contributed by atoms with Crippen LogP contribution in [0.1, 0.15) is 17.2 Å². The number of hydrogen-bond acceptors (Lipinski definition) is 4. The topological polar surface area (TPSA) is 60.6 Å². The summed E-state index contributed by atoms with van der Waals surface area (Å²) < 4.78 is 3.51. The van der Waals surface area contributed by atoms with Crippen LogP contribution in [-0.4, -0.2) is 31.1 Å². The zero-order valence-corrected chi connectivity index (χ0v) is 11.6. The predicted molar refractivity (Wildman–Crippen MR) is 69.4 cm³/mol. The maximum absolute atomic E-state index is 6.16. The first kappa shape index (κ1) is 13.0. The monoisotopic (exact) mass is 268 g/mol. The summed E-state index contributed by atoms with van der Waals surface area (Å²) in [4.78, 5) is 4.17. The van der Waals surface area contributed by atoms with Crippen molar-refractivity contribution in [2.45, 2.75) is 19.9 Å². The third kappa shape index (κ3) is 2.88. The first-order valence-electron chi connectivity index (χ1n) is 5.81. The van der Waals surface area contributed by atoms with Gasteiger partial charge in [0.1, 0.15) is 6.33 Å². The molecule has 0 aliphatic rings. The second-order valence-corrected chi connectivity index (χ2v) is 4.61. The fourth-order valence-electron chi connectivity index (χ4n) is 1.78. The molecule has 2 rings (SSSR count). The highest BCUT2D eigenvalue weighted by Gasteiger charge is 2.10. The van der Waals surface area contributed by atoms with Crippen molar-refractivity contribution in [2.75, 3.05) is 6.54 Å². The van der Waals surface area contributed by atoms with Gasteiger partial charge in [-0.25, -0.2) is 4.98 Å². The normalized spacial score (nSPS) is 11.1. The van der Waals surface area contributed by atoms with E-state index >= 15 is 0 Å². The fourth-order valence-corrected chi connectivity index (χ4v) is 2.00. The Morgan fingerprint density at radius 1 is 1.33 bits per heavy atom. The summed E-state index contributed by atoms with van der Waals surface area (Å²) in [5.41, 5.74) is 1.87. The molecule has 1 N–H and O–H groups in total. The lowest BCUT2D eigenvalue weighted by atomic mass is 10.3. The molecule has 2 aromatic heterocycles. The first-order chi connectivity index (χ1) is 8.58. The summed E-state index contributed by atoms with van der Waals surface area (Å²) in [6.45, 7) is 3.41. The predicted octanol–water partition coefficient (Wildman–Crippen LogP) is 0.843. The fraction of sp³-hybridized carbons (Fsp3) is 0.545. The first-order valence-corrected chi connectivity index (χ1v) is 6.19. The molecule has 0 aliphatic carbocycles. The van der Waals surface area contributed by atoms with Crippen LogP contribution in [0.15, 0.2) is 6.33 Å². The van der Waals surface area contributed by atoms with Crippen molar-refractivity contribution in [1.29, 1.82) is 0 Å². The molecule has 0 aromatic carbocycles. The minimum absolute atomic E-state index is 0.697. The van der Waals surface area contributed by atoms with Gasteiger partial charge >= 0.3 is 0 Å². The van der Waals surface area contributed by atoms with Crippen LogP contribution in [0.25, 0.3) is 0 Å². The van der Waals surface area contributed by atoms with Crippen LogP contribution >= 0.6 is 11.6 Å². The van der Waals surface area contributed by atoms with Gasteiger partial charge in [0.25, 0.3) is 0 Å². The lowest BCUT2D eigenvalue weighted by molar-refractivity contribution is 0.615. The van der Waals surface area contributed by atoms with Gasteiger partial charge in [0.15, 0.2) is 5.82 Å². The van der Waals surface area contributed by atoms with E-state index in [9.17, 15) is 0 Å². The second-order valence-electron chi connectivity index (χ2n) is 4.23. The largest absolute Gasteiger partial charge is 0.311 e. The summed E-state index contributed by atoms with van der Waals surface area (Å²) in [6.07, 6.45) is 2.51. The molecule has 98 valence electrons. The molecule has 6 nitrogen and oxygen atoms in total. The Labute approximate surface area is 111 Å². The Balaban J connectivity index is 1.82. The number of aryl methyl sites for hydroxylation is 3. The maximum Gasteiger partial charge on any atom is 0.151 e. The summed E-state index contributed by atoms with van der Waals surface area (Å²) in [5, 5.41) is 12.5. The lowest BCUT2D eigenvalue weighted by Gasteiger charge is -2.04. The zero-order chi connectivity index (χ0) is 13.1. The molecule has 18 heavy (non-hydrogen) atoms. The number of nitrogens with one attached hydrogen (secondary N) is 1. The molecule has 0 saturated carbocycles. The quantitative estimate of drug-likeness (QED) is 0.817. The third-order valence-corrected chi connectivity index (χ3v) is 3.22. The molecular formula is C11H17ClN6. The molecule has 0 saturated heterocycles. The molecule has 0 radical (unpaired) electrons. The zero-order valence-electron chi connectivity index (χ0n) is 10.8. The highest BCUT2D eigenvalue weighted by molar-refractivity contribution is 6.31. The van der Waals surface area contributed by atoms with Crippen LogP contribution in [-0.2, 0) is 27.1 Å². The summed E-state index contributed by atoms with van der Waals surface area (Å²) in [6, 6.07) is 0. The minimum atomic E-state index is 0.697. The van der Waals surface area contributed by atoms with Crippen LogP contribution in [0.3, 0.4) is 0 Å². The van der Waals surface area contributed by atoms with E-state index in [0.717, 1.165) is 35.2 Å². The van der Waals surface area contributed by atoms with Crippen molar-refractivity contribution < 1.29 is 0 Å². The number of nitrogens with zero attached hydrogens (tertiary/aromatic N) is 5. The molecule has 7 heteroatoms. The molecule has 0 spiro atoms. The van der Waals surface area contributed by atoms with E-state index in [1.54, 1.807) is 11.0 Å². The van der Waals surface area contributed by atoms with Crippen molar-refractivity contribution in [3.05, 3.63) is 28.6 Å². The highest BCUT2D eigenvalue weighted by Crippen LogP contribution is 2.18. The average Bonchev–Trinajstić information content (AvgIpc) is 2.82. The van der Waals surface area contributed by atoms with Crippen LogP contribution in [0, 0.1) is 6.92 Å². The van der Waals surface area contributed by atoms with E-state index in [1.165, 1.54) is 0 Å². The van der Waals surface area contributed by atoms with Gasteiger partial charge in [-0.1, -0.05) is 11.6 Å². The molecule has 0 fully saturated rings. The molecular weight excluding hydrogens is 252 g/mol. The SMILES string of the molecule is Cc1nn(C)c(CNCCc2ncn(C)n2)c1Cl. The Morgan fingerprint density at radius 2 is 2.11 bits per heavy atom. The maximum atomic E-state index is 6.16. The van der Waals surface area contributed by atoms with Crippen molar-refractivity contribution in [3.63, 3.8) is 0 Å². The van der Waals surface area contributed by atoms with Crippen LogP contribution in [0.2, 0.25) is 5.02 Å². The molecule has 0 atom stereocenters. The van der Waals surface area contributed by atoms with Gasteiger partial charge in [-0.2, -0.15) is 10.2 Å². The molecule has 0 unspecified atom stereocenters. The smallest absolute Gasteiger partial charge is 0.151 e. The number of aromatic nitrogens is 5. The Hall–Kier alpha value is -1.40. The average molecular weight is 269 g/mol. The van der Waals surface area contributed by atoms with E-state index in [-0.39, 0.29) is 0 Å². The van der Waals surface area contributed by atoms with Gasteiger partial charge in [-0.3, -0.25) is 9.36 Å². The summed E-state index contributed by atoms with van der Waals surface area (Å²) in [7, 11) is 3.76. The number of halogens is 1. The highest BCUT2D eigenvalue weighted by atomic mass is 35.5. The molecule has 0 amide bonds. The molecule has 0 bridgehead atoms. The standard InChI is InChI=1S/C11H17ClN6/c1-8-11(12)9(18(3)15-8)6-13-5-4-10-14-7-17(2)16-10/h7,13H,4-6H2,1-3H3. The van der Waals surface area contributed by atoms with Crippen molar-refractivity contribution in [2.24, 2.45) is 14.1 Å². The second kappa shape index (κ2) is 5.49. The minimum Gasteiger partial charge on any atom is -0.311 e. The third-order valence-electron chi connectivity index (χ3n) is 2.73. The molecule has 2 aromatic rings. The number of hydrogen-bond donors (Lipinski definition) is 1. The van der Waals surface area contributed by atoms with E-state index in [4.69, 9.17) is 11.6 Å². The summed E-state index contributed by atoms with van der Waals surface area (Å²) >= 11 is 6.16. The van der Waals surface area contributed by atoms with Gasteiger partial charge in [0.05, 0.1) is 16.4 Å². The Bertz CT molecular complexity index is 530. The lowest BCUT2D eigenvalue weighted by Crippen LogP contribution is -2.19. The van der Waals surface area contributed by atoms with Crippen LogP contribution in [0.5, 0.6) is 0 Å².